The molecular weight excluding hydrogens is 336 g/mol. The number of hydrogen-bond acceptors (Lipinski definition) is 3. The van der Waals surface area contributed by atoms with Gasteiger partial charge in [0.2, 0.25) is 5.91 Å². The third-order valence-electron chi connectivity index (χ3n) is 4.52. The Hall–Kier alpha value is -3.26. The lowest BCUT2D eigenvalue weighted by Gasteiger charge is -2.26. The molecule has 2 heterocycles. The van der Waals surface area contributed by atoms with Crippen molar-refractivity contribution >= 4 is 22.5 Å². The van der Waals surface area contributed by atoms with Crippen molar-refractivity contribution in [1.29, 1.82) is 0 Å². The van der Waals surface area contributed by atoms with Gasteiger partial charge >= 0.3 is 0 Å². The molecular formula is C22H24N4O. The first-order valence-electron chi connectivity index (χ1n) is 9.11. The number of benzene rings is 1. The molecule has 0 aliphatic heterocycles. The van der Waals surface area contributed by atoms with Gasteiger partial charge < -0.3 is 4.90 Å². The maximum atomic E-state index is 11.9. The Morgan fingerprint density at radius 1 is 1.22 bits per heavy atom. The summed E-state index contributed by atoms with van der Waals surface area (Å²) in [5, 5.41) is 3.35. The molecule has 0 saturated heterocycles. The average molecular weight is 360 g/mol. The molecule has 2 aromatic heterocycles. The highest BCUT2D eigenvalue weighted by Gasteiger charge is 2.17. The van der Waals surface area contributed by atoms with Crippen molar-refractivity contribution < 1.29 is 4.79 Å². The van der Waals surface area contributed by atoms with Crippen LogP contribution in [0.1, 0.15) is 25.8 Å². The lowest BCUT2D eigenvalue weighted by Crippen LogP contribution is -2.30. The summed E-state index contributed by atoms with van der Waals surface area (Å²) in [7, 11) is 0. The predicted octanol–water partition coefficient (Wildman–Crippen LogP) is 3.70. The van der Waals surface area contributed by atoms with Crippen molar-refractivity contribution in [2.75, 3.05) is 18.1 Å². The fourth-order valence-electron chi connectivity index (χ4n) is 3.24. The van der Waals surface area contributed by atoms with Crippen molar-refractivity contribution in [1.82, 2.24) is 14.6 Å². The fraction of sp³-hybridized carbons (Fsp3) is 0.273. The largest absolute Gasteiger partial charge is 0.327 e. The van der Waals surface area contributed by atoms with E-state index in [2.05, 4.69) is 45.8 Å². The van der Waals surface area contributed by atoms with Crippen LogP contribution in [0, 0.1) is 12.3 Å². The van der Waals surface area contributed by atoms with Crippen LogP contribution in [-0.4, -0.2) is 33.6 Å². The molecule has 0 aliphatic rings. The minimum absolute atomic E-state index is 0.0238. The van der Waals surface area contributed by atoms with Gasteiger partial charge in [-0.25, -0.2) is 0 Å². The Morgan fingerprint density at radius 2 is 1.96 bits per heavy atom. The molecule has 1 amide bonds. The summed E-state index contributed by atoms with van der Waals surface area (Å²) in [6.45, 7) is 5.37. The summed E-state index contributed by atoms with van der Waals surface area (Å²) in [5.41, 5.74) is 3.25. The van der Waals surface area contributed by atoms with E-state index in [-0.39, 0.29) is 5.91 Å². The molecule has 1 aromatic carbocycles. The number of para-hydroxylation sites is 1. The van der Waals surface area contributed by atoms with E-state index < -0.39 is 0 Å². The zero-order chi connectivity index (χ0) is 19.2. The lowest BCUT2D eigenvalue weighted by molar-refractivity contribution is -0.128. The van der Waals surface area contributed by atoms with Gasteiger partial charge in [-0.3, -0.25) is 19.5 Å². The molecule has 0 saturated carbocycles. The van der Waals surface area contributed by atoms with Crippen LogP contribution in [0.15, 0.2) is 55.0 Å². The summed E-state index contributed by atoms with van der Waals surface area (Å²) in [4.78, 5) is 17.8. The molecule has 0 spiro atoms. The molecule has 5 heteroatoms. The number of pyridine rings is 1. The van der Waals surface area contributed by atoms with E-state index in [1.54, 1.807) is 24.2 Å². The molecule has 0 bridgehead atoms. The van der Waals surface area contributed by atoms with Crippen LogP contribution >= 0.6 is 0 Å². The van der Waals surface area contributed by atoms with E-state index >= 15 is 0 Å². The molecule has 27 heavy (non-hydrogen) atoms. The summed E-state index contributed by atoms with van der Waals surface area (Å²) >= 11 is 0. The highest BCUT2D eigenvalue weighted by atomic mass is 16.2. The van der Waals surface area contributed by atoms with Gasteiger partial charge in [-0.2, -0.15) is 0 Å². The number of carbonyl (C=O) groups excluding carboxylic acids is 1. The molecule has 0 N–H and O–H groups in total. The van der Waals surface area contributed by atoms with Crippen molar-refractivity contribution in [2.45, 2.75) is 26.8 Å². The summed E-state index contributed by atoms with van der Waals surface area (Å²) in [5.74, 6) is 2.55. The van der Waals surface area contributed by atoms with Gasteiger partial charge in [-0.15, -0.1) is 6.42 Å². The molecule has 3 rings (SSSR count). The number of nitrogens with zero attached hydrogens (tertiary/aromatic N) is 4. The van der Waals surface area contributed by atoms with E-state index in [0.717, 1.165) is 35.1 Å². The molecule has 0 unspecified atom stereocenters. The SMILES string of the molecule is C#CCN(Cc1cn(N(CCC)c2ccncc2)c2ccccc12)C(C)=O. The molecule has 0 radical (unpaired) electrons. The molecule has 0 aliphatic carbocycles. The summed E-state index contributed by atoms with van der Waals surface area (Å²) in [6, 6.07) is 12.2. The number of amides is 1. The van der Waals surface area contributed by atoms with Crippen LogP contribution in [0.3, 0.4) is 0 Å². The Balaban J connectivity index is 2.08. The van der Waals surface area contributed by atoms with Gasteiger partial charge in [0.05, 0.1) is 17.7 Å². The second-order valence-electron chi connectivity index (χ2n) is 6.42. The number of rotatable bonds is 7. The maximum Gasteiger partial charge on any atom is 0.220 e. The Morgan fingerprint density at radius 3 is 2.63 bits per heavy atom. The third-order valence-corrected chi connectivity index (χ3v) is 4.52. The number of anilines is 1. The van der Waals surface area contributed by atoms with Gasteiger partial charge in [-0.05, 0) is 30.2 Å². The maximum absolute atomic E-state index is 11.9. The lowest BCUT2D eigenvalue weighted by atomic mass is 10.1. The van der Waals surface area contributed by atoms with E-state index in [4.69, 9.17) is 6.42 Å². The first-order chi connectivity index (χ1) is 13.2. The minimum atomic E-state index is -0.0238. The molecule has 0 fully saturated rings. The number of hydrogen-bond donors (Lipinski definition) is 0. The zero-order valence-corrected chi connectivity index (χ0v) is 15.8. The molecule has 3 aromatic rings. The van der Waals surface area contributed by atoms with Crippen LogP contribution in [0.2, 0.25) is 0 Å². The molecule has 138 valence electrons. The first kappa shape index (κ1) is 18.5. The Kier molecular flexibility index (Phi) is 5.77. The molecule has 0 atom stereocenters. The average Bonchev–Trinajstić information content (AvgIpc) is 3.05. The van der Waals surface area contributed by atoms with Crippen LogP contribution in [-0.2, 0) is 11.3 Å². The highest BCUT2D eigenvalue weighted by molar-refractivity contribution is 5.85. The fourth-order valence-corrected chi connectivity index (χ4v) is 3.24. The molecule has 5 nitrogen and oxygen atoms in total. The van der Waals surface area contributed by atoms with Crippen LogP contribution in [0.25, 0.3) is 10.9 Å². The quantitative estimate of drug-likeness (QED) is 0.603. The van der Waals surface area contributed by atoms with Gasteiger partial charge in [0.1, 0.15) is 0 Å². The van der Waals surface area contributed by atoms with Crippen molar-refractivity contribution in [3.05, 3.63) is 60.6 Å². The van der Waals surface area contributed by atoms with Crippen molar-refractivity contribution in [3.63, 3.8) is 0 Å². The summed E-state index contributed by atoms with van der Waals surface area (Å²) < 4.78 is 2.16. The van der Waals surface area contributed by atoms with E-state index in [1.165, 1.54) is 0 Å². The second kappa shape index (κ2) is 8.41. The number of aromatic nitrogens is 2. The topological polar surface area (TPSA) is 41.4 Å². The van der Waals surface area contributed by atoms with E-state index in [0.29, 0.717) is 13.1 Å². The smallest absolute Gasteiger partial charge is 0.220 e. The van der Waals surface area contributed by atoms with Crippen LogP contribution < -0.4 is 5.01 Å². The summed E-state index contributed by atoms with van der Waals surface area (Å²) in [6.07, 6.45) is 12.1. The van der Waals surface area contributed by atoms with Gasteiger partial charge in [0, 0.05) is 44.0 Å². The third kappa shape index (κ3) is 3.95. The normalized spacial score (nSPS) is 10.6. The Bertz CT molecular complexity index is 955. The predicted molar refractivity (Wildman–Crippen MR) is 109 cm³/mol. The van der Waals surface area contributed by atoms with Crippen molar-refractivity contribution in [2.24, 2.45) is 0 Å². The first-order valence-corrected chi connectivity index (χ1v) is 9.11. The second-order valence-corrected chi connectivity index (χ2v) is 6.42. The number of terminal acetylenes is 1. The standard InChI is InChI=1S/C22H24N4O/c1-4-14-24(18(3)27)16-19-17-26(22-9-7-6-8-21(19)22)25(15-5-2)20-10-12-23-13-11-20/h1,6-13,17H,5,14-16H2,2-3H3. The van der Waals surface area contributed by atoms with E-state index in [1.807, 2.05) is 24.3 Å². The minimum Gasteiger partial charge on any atom is -0.327 e. The highest BCUT2D eigenvalue weighted by Crippen LogP contribution is 2.26. The zero-order valence-electron chi connectivity index (χ0n) is 15.8. The van der Waals surface area contributed by atoms with Crippen LogP contribution in [0.5, 0.6) is 0 Å². The van der Waals surface area contributed by atoms with E-state index in [9.17, 15) is 4.79 Å². The van der Waals surface area contributed by atoms with Gasteiger partial charge in [0.25, 0.3) is 0 Å². The Labute approximate surface area is 160 Å². The number of carbonyl (C=O) groups is 1. The van der Waals surface area contributed by atoms with Gasteiger partial charge in [-0.1, -0.05) is 31.0 Å². The number of fused-ring (bicyclic) bond motifs is 1. The van der Waals surface area contributed by atoms with Crippen molar-refractivity contribution in [3.8, 4) is 12.3 Å². The van der Waals surface area contributed by atoms with Gasteiger partial charge in [0.15, 0.2) is 0 Å². The van der Waals surface area contributed by atoms with Crippen LogP contribution in [0.4, 0.5) is 5.69 Å². The monoisotopic (exact) mass is 360 g/mol.